The van der Waals surface area contributed by atoms with E-state index in [1.54, 1.807) is 7.11 Å². The van der Waals surface area contributed by atoms with Crippen molar-refractivity contribution < 1.29 is 4.74 Å². The maximum Gasteiger partial charge on any atom is 0.229 e. The van der Waals surface area contributed by atoms with E-state index in [-0.39, 0.29) is 0 Å². The van der Waals surface area contributed by atoms with E-state index in [1.807, 2.05) is 42.9 Å². The molecular formula is C20H26N8O. The second-order valence-corrected chi connectivity index (χ2v) is 6.95. The maximum absolute atomic E-state index is 5.57. The van der Waals surface area contributed by atoms with Gasteiger partial charge in [-0.25, -0.2) is 14.6 Å². The van der Waals surface area contributed by atoms with Crippen LogP contribution in [-0.4, -0.2) is 56.9 Å². The largest absolute Gasteiger partial charge is 0.496 e. The predicted molar refractivity (Wildman–Crippen MR) is 113 cm³/mol. The Morgan fingerprint density at radius 1 is 1.14 bits per heavy atom. The fraction of sp³-hybridized carbons (Fsp3) is 0.400. The maximum atomic E-state index is 5.57. The van der Waals surface area contributed by atoms with Gasteiger partial charge in [0.1, 0.15) is 17.4 Å². The van der Waals surface area contributed by atoms with Crippen molar-refractivity contribution in [2.24, 2.45) is 0 Å². The molecule has 152 valence electrons. The number of likely N-dealkylation sites (N-methyl/N-ethyl adjacent to an activating group) is 1. The molecular weight excluding hydrogens is 368 g/mol. The molecule has 0 bridgehead atoms. The van der Waals surface area contributed by atoms with E-state index >= 15 is 0 Å². The zero-order chi connectivity index (χ0) is 20.4. The number of fused-ring (bicyclic) bond motifs is 1. The molecule has 0 saturated carbocycles. The Bertz CT molecular complexity index is 1020. The third-order valence-electron chi connectivity index (χ3n) is 5.00. The van der Waals surface area contributed by atoms with Crippen molar-refractivity contribution in [3.05, 3.63) is 35.8 Å². The standard InChI is InChI=1S/C20H26N8O/c1-5-27-8-9-28-18(12-27)25-19(26-28)15-11-14(6-7-16(15)29-4)23-20-22-13(2)10-17(21-3)24-20/h6-7,10-11H,5,8-9,12H2,1-4H3,(H2,21,22,23,24). The highest BCUT2D eigenvalue weighted by Gasteiger charge is 2.21. The Morgan fingerprint density at radius 2 is 2.00 bits per heavy atom. The molecule has 0 amide bonds. The normalized spacial score (nSPS) is 13.8. The topological polar surface area (TPSA) is 93.0 Å². The number of rotatable bonds is 6. The molecule has 0 fully saturated rings. The number of aromatic nitrogens is 5. The first-order valence-corrected chi connectivity index (χ1v) is 9.74. The van der Waals surface area contributed by atoms with Gasteiger partial charge in [-0.3, -0.25) is 4.90 Å². The number of hydrogen-bond acceptors (Lipinski definition) is 8. The number of hydrogen-bond donors (Lipinski definition) is 2. The molecule has 1 aliphatic heterocycles. The van der Waals surface area contributed by atoms with Gasteiger partial charge in [0.15, 0.2) is 5.82 Å². The minimum absolute atomic E-state index is 0.529. The highest BCUT2D eigenvalue weighted by Crippen LogP contribution is 2.32. The minimum Gasteiger partial charge on any atom is -0.496 e. The van der Waals surface area contributed by atoms with Crippen molar-refractivity contribution in [3.63, 3.8) is 0 Å². The lowest BCUT2D eigenvalue weighted by Gasteiger charge is -2.24. The molecule has 9 heteroatoms. The smallest absolute Gasteiger partial charge is 0.229 e. The van der Waals surface area contributed by atoms with Crippen molar-refractivity contribution in [2.75, 3.05) is 37.9 Å². The van der Waals surface area contributed by atoms with Crippen molar-refractivity contribution in [1.29, 1.82) is 0 Å². The zero-order valence-corrected chi connectivity index (χ0v) is 17.2. The van der Waals surface area contributed by atoms with Crippen molar-refractivity contribution in [1.82, 2.24) is 29.6 Å². The summed E-state index contributed by atoms with van der Waals surface area (Å²) < 4.78 is 7.56. The van der Waals surface area contributed by atoms with Gasteiger partial charge >= 0.3 is 0 Å². The van der Waals surface area contributed by atoms with Crippen molar-refractivity contribution in [3.8, 4) is 17.1 Å². The lowest BCUT2D eigenvalue weighted by molar-refractivity contribution is 0.220. The van der Waals surface area contributed by atoms with Crippen LogP contribution in [0.3, 0.4) is 0 Å². The molecule has 0 saturated heterocycles. The van der Waals surface area contributed by atoms with Gasteiger partial charge in [-0.05, 0) is 31.7 Å². The number of ether oxygens (including phenoxy) is 1. The fourth-order valence-corrected chi connectivity index (χ4v) is 3.41. The molecule has 2 aromatic heterocycles. The van der Waals surface area contributed by atoms with E-state index < -0.39 is 0 Å². The third-order valence-corrected chi connectivity index (χ3v) is 5.00. The van der Waals surface area contributed by atoms with Crippen LogP contribution in [0.2, 0.25) is 0 Å². The second-order valence-electron chi connectivity index (χ2n) is 6.95. The zero-order valence-electron chi connectivity index (χ0n) is 17.2. The Kier molecular flexibility index (Phi) is 5.30. The summed E-state index contributed by atoms with van der Waals surface area (Å²) in [5.41, 5.74) is 2.56. The number of methoxy groups -OCH3 is 1. The van der Waals surface area contributed by atoms with Gasteiger partial charge < -0.3 is 15.4 Å². The molecule has 1 aromatic carbocycles. The van der Waals surface area contributed by atoms with Crippen LogP contribution < -0.4 is 15.4 Å². The molecule has 1 aliphatic rings. The van der Waals surface area contributed by atoms with Crippen LogP contribution in [0, 0.1) is 6.92 Å². The Balaban J connectivity index is 1.66. The summed E-state index contributed by atoms with van der Waals surface area (Å²) in [6.07, 6.45) is 0. The molecule has 29 heavy (non-hydrogen) atoms. The molecule has 0 unspecified atom stereocenters. The van der Waals surface area contributed by atoms with Gasteiger partial charge in [0.05, 0.1) is 25.8 Å². The van der Waals surface area contributed by atoms with Crippen LogP contribution >= 0.6 is 0 Å². The SMILES string of the molecule is CCN1CCn2nc(-c3cc(Nc4nc(C)cc(NC)n4)ccc3OC)nc2C1. The Hall–Kier alpha value is -3.20. The Morgan fingerprint density at radius 3 is 2.76 bits per heavy atom. The average Bonchev–Trinajstić information content (AvgIpc) is 3.16. The molecule has 3 aromatic rings. The minimum atomic E-state index is 0.529. The molecule has 0 spiro atoms. The number of benzene rings is 1. The van der Waals surface area contributed by atoms with Gasteiger partial charge in [-0.1, -0.05) is 6.92 Å². The lowest BCUT2D eigenvalue weighted by atomic mass is 10.1. The summed E-state index contributed by atoms with van der Waals surface area (Å²) in [6, 6.07) is 7.71. The van der Waals surface area contributed by atoms with Gasteiger partial charge in [0.25, 0.3) is 0 Å². The van der Waals surface area contributed by atoms with Crippen molar-refractivity contribution >= 4 is 17.5 Å². The molecule has 2 N–H and O–H groups in total. The fourth-order valence-electron chi connectivity index (χ4n) is 3.41. The molecule has 0 aliphatic carbocycles. The quantitative estimate of drug-likeness (QED) is 0.659. The van der Waals surface area contributed by atoms with Gasteiger partial charge in [-0.15, -0.1) is 0 Å². The summed E-state index contributed by atoms with van der Waals surface area (Å²) >= 11 is 0. The van der Waals surface area contributed by atoms with Gasteiger partial charge in [-0.2, -0.15) is 10.1 Å². The summed E-state index contributed by atoms with van der Waals surface area (Å²) in [5.74, 6) is 3.67. The van der Waals surface area contributed by atoms with Gasteiger partial charge in [0.2, 0.25) is 5.95 Å². The van der Waals surface area contributed by atoms with E-state index in [4.69, 9.17) is 14.8 Å². The van der Waals surface area contributed by atoms with Crippen LogP contribution in [-0.2, 0) is 13.1 Å². The molecule has 0 atom stereocenters. The van der Waals surface area contributed by atoms with E-state index in [9.17, 15) is 0 Å². The summed E-state index contributed by atoms with van der Waals surface area (Å²) in [4.78, 5) is 16.1. The third kappa shape index (κ3) is 4.00. The number of nitrogens with one attached hydrogen (secondary N) is 2. The second kappa shape index (κ2) is 8.04. The predicted octanol–water partition coefficient (Wildman–Crippen LogP) is 2.67. The first-order valence-electron chi connectivity index (χ1n) is 9.74. The number of nitrogens with zero attached hydrogens (tertiary/aromatic N) is 6. The molecule has 9 nitrogen and oxygen atoms in total. The van der Waals surface area contributed by atoms with Crippen LogP contribution in [0.5, 0.6) is 5.75 Å². The van der Waals surface area contributed by atoms with E-state index in [2.05, 4.69) is 32.4 Å². The van der Waals surface area contributed by atoms with E-state index in [0.717, 1.165) is 60.5 Å². The lowest BCUT2D eigenvalue weighted by Crippen LogP contribution is -2.33. The van der Waals surface area contributed by atoms with Crippen LogP contribution in [0.1, 0.15) is 18.4 Å². The molecule has 0 radical (unpaired) electrons. The molecule has 4 rings (SSSR count). The van der Waals surface area contributed by atoms with Gasteiger partial charge in [0, 0.05) is 31.0 Å². The first-order chi connectivity index (χ1) is 14.1. The number of anilines is 3. The summed E-state index contributed by atoms with van der Waals surface area (Å²) in [7, 11) is 3.49. The summed E-state index contributed by atoms with van der Waals surface area (Å²) in [5, 5.41) is 11.0. The van der Waals surface area contributed by atoms with Crippen LogP contribution in [0.25, 0.3) is 11.4 Å². The highest BCUT2D eigenvalue weighted by atomic mass is 16.5. The molecule has 3 heterocycles. The van der Waals surface area contributed by atoms with Crippen LogP contribution in [0.15, 0.2) is 24.3 Å². The highest BCUT2D eigenvalue weighted by molar-refractivity contribution is 5.71. The monoisotopic (exact) mass is 394 g/mol. The number of aryl methyl sites for hydroxylation is 1. The summed E-state index contributed by atoms with van der Waals surface area (Å²) in [6.45, 7) is 7.76. The Labute approximate surface area is 170 Å². The van der Waals surface area contributed by atoms with E-state index in [1.165, 1.54) is 0 Å². The first kappa shape index (κ1) is 19.1. The average molecular weight is 394 g/mol. The van der Waals surface area contributed by atoms with Crippen LogP contribution in [0.4, 0.5) is 17.5 Å². The van der Waals surface area contributed by atoms with Crippen molar-refractivity contribution in [2.45, 2.75) is 26.9 Å². The van der Waals surface area contributed by atoms with E-state index in [0.29, 0.717) is 11.8 Å².